The van der Waals surface area contributed by atoms with Gasteiger partial charge in [0.15, 0.2) is 0 Å². The summed E-state index contributed by atoms with van der Waals surface area (Å²) >= 11 is 0. The topological polar surface area (TPSA) is 29.9 Å². The second-order valence-electron chi connectivity index (χ2n) is 5.59. The van der Waals surface area contributed by atoms with Crippen molar-refractivity contribution in [1.29, 1.82) is 0 Å². The van der Waals surface area contributed by atoms with Crippen LogP contribution in [0, 0.1) is 5.92 Å². The van der Waals surface area contributed by atoms with Crippen LogP contribution in [0.15, 0.2) is 12.4 Å². The Bertz CT molecular complexity index is 345. The summed E-state index contributed by atoms with van der Waals surface area (Å²) in [5.74, 6) is 0.850. The number of nitrogens with one attached hydrogen (secondary N) is 1. The molecule has 0 aliphatic heterocycles. The number of aromatic nitrogens is 2. The molecule has 1 fully saturated rings. The SMILES string of the molecule is CCCNC1CCCC(Cc2cnn(CC)c2)C1. The molecule has 2 atom stereocenters. The van der Waals surface area contributed by atoms with Crippen molar-refractivity contribution in [2.45, 2.75) is 65.0 Å². The summed E-state index contributed by atoms with van der Waals surface area (Å²) in [6.07, 6.45) is 12.2. The molecule has 18 heavy (non-hydrogen) atoms. The van der Waals surface area contributed by atoms with E-state index in [1.165, 1.54) is 50.6 Å². The molecule has 3 heteroatoms. The average molecular weight is 249 g/mol. The molecular formula is C15H27N3. The summed E-state index contributed by atoms with van der Waals surface area (Å²) in [6, 6.07) is 0.755. The van der Waals surface area contributed by atoms with Crippen LogP contribution in [0.3, 0.4) is 0 Å². The summed E-state index contributed by atoms with van der Waals surface area (Å²) in [7, 11) is 0. The van der Waals surface area contributed by atoms with Crippen LogP contribution in [0.4, 0.5) is 0 Å². The van der Waals surface area contributed by atoms with Crippen molar-refractivity contribution in [3.05, 3.63) is 18.0 Å². The van der Waals surface area contributed by atoms with Crippen LogP contribution in [0.2, 0.25) is 0 Å². The van der Waals surface area contributed by atoms with Crippen molar-refractivity contribution in [3.8, 4) is 0 Å². The summed E-state index contributed by atoms with van der Waals surface area (Å²) in [4.78, 5) is 0. The number of hydrogen-bond donors (Lipinski definition) is 1. The van der Waals surface area contributed by atoms with Crippen LogP contribution < -0.4 is 5.32 Å². The molecule has 0 bridgehead atoms. The fourth-order valence-electron chi connectivity index (χ4n) is 3.03. The lowest BCUT2D eigenvalue weighted by molar-refractivity contribution is 0.284. The van der Waals surface area contributed by atoms with Gasteiger partial charge in [0.1, 0.15) is 0 Å². The molecule has 0 spiro atoms. The van der Waals surface area contributed by atoms with E-state index >= 15 is 0 Å². The van der Waals surface area contributed by atoms with Crippen LogP contribution >= 0.6 is 0 Å². The average Bonchev–Trinajstić information content (AvgIpc) is 2.84. The van der Waals surface area contributed by atoms with Crippen LogP contribution in [-0.2, 0) is 13.0 Å². The highest BCUT2D eigenvalue weighted by molar-refractivity contribution is 5.05. The van der Waals surface area contributed by atoms with Gasteiger partial charge >= 0.3 is 0 Å². The Balaban J connectivity index is 1.81. The molecule has 1 N–H and O–H groups in total. The monoisotopic (exact) mass is 249 g/mol. The molecule has 1 aromatic rings. The van der Waals surface area contributed by atoms with E-state index in [1.807, 2.05) is 10.9 Å². The first-order chi connectivity index (χ1) is 8.81. The first kappa shape index (κ1) is 13.6. The molecule has 0 radical (unpaired) electrons. The van der Waals surface area contributed by atoms with Crippen LogP contribution in [0.5, 0.6) is 0 Å². The lowest BCUT2D eigenvalue weighted by Gasteiger charge is -2.29. The zero-order valence-electron chi connectivity index (χ0n) is 11.9. The fourth-order valence-corrected chi connectivity index (χ4v) is 3.03. The summed E-state index contributed by atoms with van der Waals surface area (Å²) in [6.45, 7) is 6.53. The van der Waals surface area contributed by atoms with Gasteiger partial charge in [-0.25, -0.2) is 0 Å². The lowest BCUT2D eigenvalue weighted by atomic mass is 9.82. The molecule has 0 aromatic carbocycles. The van der Waals surface area contributed by atoms with E-state index in [4.69, 9.17) is 0 Å². The minimum atomic E-state index is 0.755. The van der Waals surface area contributed by atoms with Gasteiger partial charge in [-0.3, -0.25) is 4.68 Å². The zero-order valence-corrected chi connectivity index (χ0v) is 11.9. The Hall–Kier alpha value is -0.830. The maximum absolute atomic E-state index is 4.37. The van der Waals surface area contributed by atoms with Crippen molar-refractivity contribution in [2.24, 2.45) is 5.92 Å². The normalized spacial score (nSPS) is 24.3. The zero-order chi connectivity index (χ0) is 12.8. The van der Waals surface area contributed by atoms with Crippen LogP contribution in [0.25, 0.3) is 0 Å². The van der Waals surface area contributed by atoms with Crippen LogP contribution in [0.1, 0.15) is 51.5 Å². The molecule has 102 valence electrons. The molecule has 1 saturated carbocycles. The Kier molecular flexibility index (Phi) is 5.24. The van der Waals surface area contributed by atoms with E-state index in [-0.39, 0.29) is 0 Å². The second-order valence-corrected chi connectivity index (χ2v) is 5.59. The van der Waals surface area contributed by atoms with E-state index in [1.54, 1.807) is 0 Å². The van der Waals surface area contributed by atoms with Gasteiger partial charge in [0.2, 0.25) is 0 Å². The maximum Gasteiger partial charge on any atom is 0.0521 e. The highest BCUT2D eigenvalue weighted by Gasteiger charge is 2.21. The van der Waals surface area contributed by atoms with Gasteiger partial charge in [-0.2, -0.15) is 5.10 Å². The number of rotatable bonds is 6. The van der Waals surface area contributed by atoms with Gasteiger partial charge in [0.05, 0.1) is 6.20 Å². The Labute approximate surface area is 111 Å². The molecule has 1 heterocycles. The molecule has 0 amide bonds. The lowest BCUT2D eigenvalue weighted by Crippen LogP contribution is -2.35. The molecule has 1 aromatic heterocycles. The summed E-state index contributed by atoms with van der Waals surface area (Å²) in [5, 5.41) is 8.05. The molecular weight excluding hydrogens is 222 g/mol. The molecule has 1 aliphatic rings. The van der Waals surface area contributed by atoms with Crippen molar-refractivity contribution in [1.82, 2.24) is 15.1 Å². The van der Waals surface area contributed by atoms with Gasteiger partial charge in [0, 0.05) is 18.8 Å². The van der Waals surface area contributed by atoms with Gasteiger partial charge < -0.3 is 5.32 Å². The molecule has 3 nitrogen and oxygen atoms in total. The minimum Gasteiger partial charge on any atom is -0.314 e. The Morgan fingerprint density at radius 3 is 3.00 bits per heavy atom. The Morgan fingerprint density at radius 2 is 2.28 bits per heavy atom. The minimum absolute atomic E-state index is 0.755. The smallest absolute Gasteiger partial charge is 0.0521 e. The van der Waals surface area contributed by atoms with Gasteiger partial charge in [0.25, 0.3) is 0 Å². The third kappa shape index (κ3) is 3.84. The number of hydrogen-bond acceptors (Lipinski definition) is 2. The molecule has 2 rings (SSSR count). The summed E-state index contributed by atoms with van der Waals surface area (Å²) < 4.78 is 2.03. The molecule has 0 saturated heterocycles. The first-order valence-corrected chi connectivity index (χ1v) is 7.56. The van der Waals surface area contributed by atoms with Gasteiger partial charge in [-0.15, -0.1) is 0 Å². The second kappa shape index (κ2) is 6.93. The standard InChI is InChI=1S/C15H27N3/c1-3-8-16-15-7-5-6-13(10-15)9-14-11-17-18(4-2)12-14/h11-13,15-16H,3-10H2,1-2H3. The van der Waals surface area contributed by atoms with Gasteiger partial charge in [-0.1, -0.05) is 19.8 Å². The summed E-state index contributed by atoms with van der Waals surface area (Å²) in [5.41, 5.74) is 1.41. The Morgan fingerprint density at radius 1 is 1.39 bits per heavy atom. The van der Waals surface area contributed by atoms with E-state index in [0.29, 0.717) is 0 Å². The predicted molar refractivity (Wildman–Crippen MR) is 75.6 cm³/mol. The van der Waals surface area contributed by atoms with Crippen molar-refractivity contribution in [2.75, 3.05) is 6.54 Å². The first-order valence-electron chi connectivity index (χ1n) is 7.56. The molecule has 2 unspecified atom stereocenters. The quantitative estimate of drug-likeness (QED) is 0.840. The van der Waals surface area contributed by atoms with Gasteiger partial charge in [-0.05, 0) is 50.6 Å². The van der Waals surface area contributed by atoms with Crippen molar-refractivity contribution >= 4 is 0 Å². The maximum atomic E-state index is 4.37. The van der Waals surface area contributed by atoms with E-state index < -0.39 is 0 Å². The van der Waals surface area contributed by atoms with Crippen LogP contribution in [-0.4, -0.2) is 22.4 Å². The van der Waals surface area contributed by atoms with E-state index in [2.05, 4.69) is 30.5 Å². The highest BCUT2D eigenvalue weighted by atomic mass is 15.3. The van der Waals surface area contributed by atoms with E-state index in [9.17, 15) is 0 Å². The third-order valence-electron chi connectivity index (χ3n) is 4.00. The largest absolute Gasteiger partial charge is 0.314 e. The fraction of sp³-hybridized carbons (Fsp3) is 0.800. The number of aryl methyl sites for hydroxylation is 1. The van der Waals surface area contributed by atoms with E-state index in [0.717, 1.165) is 18.5 Å². The molecule has 1 aliphatic carbocycles. The highest BCUT2D eigenvalue weighted by Crippen LogP contribution is 2.27. The predicted octanol–water partition coefficient (Wildman–Crippen LogP) is 3.00. The van der Waals surface area contributed by atoms with Crippen molar-refractivity contribution in [3.63, 3.8) is 0 Å². The third-order valence-corrected chi connectivity index (χ3v) is 4.00. The van der Waals surface area contributed by atoms with Crippen molar-refractivity contribution < 1.29 is 0 Å². The number of nitrogens with zero attached hydrogens (tertiary/aromatic N) is 2.